The fourth-order valence-electron chi connectivity index (χ4n) is 2.57. The number of halogens is 3. The minimum Gasteiger partial charge on any atom is -0.483 e. The van der Waals surface area contributed by atoms with E-state index in [4.69, 9.17) is 0 Å². The molecule has 3 aromatic rings. The van der Waals surface area contributed by atoms with Gasteiger partial charge in [-0.25, -0.2) is 4.98 Å². The average molecular weight is 401 g/mol. The summed E-state index contributed by atoms with van der Waals surface area (Å²) in [5.41, 5.74) is 1.98. The molecule has 0 bridgehead atoms. The summed E-state index contributed by atoms with van der Waals surface area (Å²) >= 11 is 0. The average Bonchev–Trinajstić information content (AvgIpc) is 2.70. The highest BCUT2D eigenvalue weighted by Gasteiger charge is 2.28. The summed E-state index contributed by atoms with van der Waals surface area (Å²) in [4.78, 5) is 20.6. The SMILES string of the molecule is CC(NC(=O)C=Cc1ccc2ccccc2n1)c1ccc(OCC(F)(F)F)cn1. The van der Waals surface area contributed by atoms with E-state index in [9.17, 15) is 18.0 Å². The van der Waals surface area contributed by atoms with Gasteiger partial charge in [0.25, 0.3) is 0 Å². The summed E-state index contributed by atoms with van der Waals surface area (Å²) in [6.07, 6.45) is -0.241. The third-order valence-electron chi connectivity index (χ3n) is 3.99. The lowest BCUT2D eigenvalue weighted by Crippen LogP contribution is -2.25. The fourth-order valence-corrected chi connectivity index (χ4v) is 2.57. The molecule has 1 amide bonds. The standard InChI is InChI=1S/C21H18F3N3O2/c1-14(18-10-9-17(12-25-18)29-13-21(22,23)24)26-20(28)11-8-16-7-6-15-4-2-3-5-19(15)27-16/h2-12,14H,13H2,1H3,(H,26,28). The van der Waals surface area contributed by atoms with Gasteiger partial charge >= 0.3 is 6.18 Å². The van der Waals surface area contributed by atoms with E-state index < -0.39 is 18.8 Å². The van der Waals surface area contributed by atoms with Crippen molar-refractivity contribution in [3.8, 4) is 5.75 Å². The molecule has 0 aliphatic rings. The second kappa shape index (κ2) is 8.72. The van der Waals surface area contributed by atoms with Crippen LogP contribution >= 0.6 is 0 Å². The van der Waals surface area contributed by atoms with E-state index in [2.05, 4.69) is 20.0 Å². The molecule has 1 aromatic carbocycles. The number of pyridine rings is 2. The molecule has 29 heavy (non-hydrogen) atoms. The van der Waals surface area contributed by atoms with Crippen molar-refractivity contribution in [2.75, 3.05) is 6.61 Å². The lowest BCUT2D eigenvalue weighted by atomic mass is 10.2. The summed E-state index contributed by atoms with van der Waals surface area (Å²) in [6.45, 7) is 0.340. The number of hydrogen-bond acceptors (Lipinski definition) is 4. The van der Waals surface area contributed by atoms with Crippen molar-refractivity contribution in [1.82, 2.24) is 15.3 Å². The molecular weight excluding hydrogens is 383 g/mol. The third kappa shape index (κ3) is 6.03. The van der Waals surface area contributed by atoms with Crippen molar-refractivity contribution in [1.29, 1.82) is 0 Å². The lowest BCUT2D eigenvalue weighted by Gasteiger charge is -2.13. The molecule has 1 unspecified atom stereocenters. The molecule has 0 aliphatic heterocycles. The summed E-state index contributed by atoms with van der Waals surface area (Å²) < 4.78 is 41.1. The fraction of sp³-hybridized carbons (Fsp3) is 0.190. The Labute approximate surface area is 165 Å². The molecule has 0 fully saturated rings. The molecule has 0 spiro atoms. The minimum atomic E-state index is -4.41. The van der Waals surface area contributed by atoms with E-state index in [1.54, 1.807) is 13.0 Å². The van der Waals surface area contributed by atoms with Crippen LogP contribution in [0.4, 0.5) is 13.2 Å². The Hall–Kier alpha value is -3.42. The van der Waals surface area contributed by atoms with Crippen molar-refractivity contribution < 1.29 is 22.7 Å². The van der Waals surface area contributed by atoms with Crippen LogP contribution < -0.4 is 10.1 Å². The molecule has 8 heteroatoms. The van der Waals surface area contributed by atoms with Crippen LogP contribution in [0.1, 0.15) is 24.4 Å². The predicted molar refractivity (Wildman–Crippen MR) is 103 cm³/mol. The molecular formula is C21H18F3N3O2. The molecule has 5 nitrogen and oxygen atoms in total. The van der Waals surface area contributed by atoms with Gasteiger partial charge in [0.05, 0.1) is 29.1 Å². The minimum absolute atomic E-state index is 0.00637. The number of nitrogens with one attached hydrogen (secondary N) is 1. The number of aromatic nitrogens is 2. The summed E-state index contributed by atoms with van der Waals surface area (Å²) in [5, 5.41) is 3.75. The second-order valence-corrected chi connectivity index (χ2v) is 6.32. The molecule has 2 heterocycles. The monoisotopic (exact) mass is 401 g/mol. The van der Waals surface area contributed by atoms with Crippen LogP contribution in [-0.2, 0) is 4.79 Å². The number of nitrogens with zero attached hydrogens (tertiary/aromatic N) is 2. The van der Waals surface area contributed by atoms with Crippen molar-refractivity contribution in [2.45, 2.75) is 19.1 Å². The Bertz CT molecular complexity index is 1020. The first-order valence-electron chi connectivity index (χ1n) is 8.80. The van der Waals surface area contributed by atoms with Gasteiger partial charge in [-0.05, 0) is 37.3 Å². The van der Waals surface area contributed by atoms with Gasteiger partial charge in [0, 0.05) is 11.5 Å². The predicted octanol–water partition coefficient (Wildman–Crippen LogP) is 4.46. The van der Waals surface area contributed by atoms with Crippen LogP contribution in [0.2, 0.25) is 0 Å². The number of alkyl halides is 3. The van der Waals surface area contributed by atoms with Crippen LogP contribution in [0.15, 0.2) is 60.8 Å². The zero-order chi connectivity index (χ0) is 20.9. The first-order chi connectivity index (χ1) is 13.8. The van der Waals surface area contributed by atoms with Crippen molar-refractivity contribution in [3.05, 3.63) is 72.2 Å². The van der Waals surface area contributed by atoms with Crippen LogP contribution in [0.5, 0.6) is 5.75 Å². The Balaban J connectivity index is 1.57. The zero-order valence-corrected chi connectivity index (χ0v) is 15.5. The van der Waals surface area contributed by atoms with Gasteiger partial charge in [-0.2, -0.15) is 13.2 Å². The molecule has 0 radical (unpaired) electrons. The molecule has 0 saturated carbocycles. The number of carbonyl (C=O) groups excluding carboxylic acids is 1. The number of benzene rings is 1. The molecule has 3 rings (SSSR count). The van der Waals surface area contributed by atoms with Crippen molar-refractivity contribution >= 4 is 22.9 Å². The van der Waals surface area contributed by atoms with Crippen LogP contribution in [0.25, 0.3) is 17.0 Å². The zero-order valence-electron chi connectivity index (χ0n) is 15.5. The van der Waals surface area contributed by atoms with E-state index >= 15 is 0 Å². The maximum absolute atomic E-state index is 12.2. The van der Waals surface area contributed by atoms with Crippen molar-refractivity contribution in [3.63, 3.8) is 0 Å². The molecule has 0 aliphatic carbocycles. The van der Waals surface area contributed by atoms with Crippen LogP contribution in [-0.4, -0.2) is 28.7 Å². The highest BCUT2D eigenvalue weighted by molar-refractivity contribution is 5.92. The van der Waals surface area contributed by atoms with Gasteiger partial charge in [-0.3, -0.25) is 9.78 Å². The molecule has 2 aromatic heterocycles. The number of amides is 1. The van der Waals surface area contributed by atoms with Gasteiger partial charge in [0.2, 0.25) is 5.91 Å². The summed E-state index contributed by atoms with van der Waals surface area (Å²) in [6, 6.07) is 13.9. The quantitative estimate of drug-likeness (QED) is 0.620. The topological polar surface area (TPSA) is 64.1 Å². The van der Waals surface area contributed by atoms with E-state index in [1.807, 2.05) is 36.4 Å². The van der Waals surface area contributed by atoms with Crippen molar-refractivity contribution in [2.24, 2.45) is 0 Å². The number of para-hydroxylation sites is 1. The van der Waals surface area contributed by atoms with Crippen LogP contribution in [0, 0.1) is 0 Å². The molecule has 1 atom stereocenters. The number of carbonyl (C=O) groups is 1. The Morgan fingerprint density at radius 2 is 1.97 bits per heavy atom. The smallest absolute Gasteiger partial charge is 0.422 e. The van der Waals surface area contributed by atoms with Crippen LogP contribution in [0.3, 0.4) is 0 Å². The van der Waals surface area contributed by atoms with Gasteiger partial charge in [-0.15, -0.1) is 0 Å². The van der Waals surface area contributed by atoms with Gasteiger partial charge < -0.3 is 10.1 Å². The lowest BCUT2D eigenvalue weighted by molar-refractivity contribution is -0.153. The summed E-state index contributed by atoms with van der Waals surface area (Å²) in [5.74, 6) is -0.335. The largest absolute Gasteiger partial charge is 0.483 e. The summed E-state index contributed by atoms with van der Waals surface area (Å²) in [7, 11) is 0. The van der Waals surface area contributed by atoms with E-state index in [0.717, 1.165) is 10.9 Å². The molecule has 150 valence electrons. The first kappa shape index (κ1) is 20.3. The number of fused-ring (bicyclic) bond motifs is 1. The third-order valence-corrected chi connectivity index (χ3v) is 3.99. The first-order valence-corrected chi connectivity index (χ1v) is 8.80. The maximum Gasteiger partial charge on any atom is 0.422 e. The highest BCUT2D eigenvalue weighted by atomic mass is 19.4. The van der Waals surface area contributed by atoms with Gasteiger partial charge in [-0.1, -0.05) is 24.3 Å². The van der Waals surface area contributed by atoms with E-state index in [0.29, 0.717) is 11.4 Å². The molecule has 1 N–H and O–H groups in total. The Morgan fingerprint density at radius 3 is 2.69 bits per heavy atom. The normalized spacial score (nSPS) is 12.8. The Kier molecular flexibility index (Phi) is 6.11. The number of ether oxygens (including phenoxy) is 1. The maximum atomic E-state index is 12.2. The van der Waals surface area contributed by atoms with Gasteiger partial charge in [0.15, 0.2) is 6.61 Å². The van der Waals surface area contributed by atoms with E-state index in [1.165, 1.54) is 24.4 Å². The van der Waals surface area contributed by atoms with Gasteiger partial charge in [0.1, 0.15) is 5.75 Å². The number of rotatable bonds is 6. The second-order valence-electron chi connectivity index (χ2n) is 6.32. The van der Waals surface area contributed by atoms with E-state index in [-0.39, 0.29) is 11.7 Å². The number of hydrogen-bond donors (Lipinski definition) is 1. The molecule has 0 saturated heterocycles. The highest BCUT2D eigenvalue weighted by Crippen LogP contribution is 2.19. The Morgan fingerprint density at radius 1 is 1.17 bits per heavy atom.